The number of aliphatic hydroxyl groups excluding tert-OH is 1. The number of rotatable bonds is 7. The fraction of sp³-hybridized carbons (Fsp3) is 0.364. The number of fused-ring (bicyclic) bond motifs is 2. The molecule has 0 bridgehead atoms. The molecule has 2 heterocycles. The van der Waals surface area contributed by atoms with Gasteiger partial charge in [0.05, 0.1) is 25.5 Å². The predicted molar refractivity (Wildman–Crippen MR) is 119 cm³/mol. The first-order valence-electron chi connectivity index (χ1n) is 10.1. The van der Waals surface area contributed by atoms with Crippen LogP contribution >= 0.6 is 11.8 Å². The molecule has 2 aromatic carbocycles. The van der Waals surface area contributed by atoms with E-state index in [0.717, 1.165) is 59.5 Å². The number of amides is 1. The zero-order valence-electron chi connectivity index (χ0n) is 16.8. The lowest BCUT2D eigenvalue weighted by Gasteiger charge is -2.37. The highest BCUT2D eigenvalue weighted by Gasteiger charge is 2.23. The Morgan fingerprint density at radius 3 is 2.70 bits per heavy atom. The standard InChI is InChI=1S/C22H26N4O3S/c23-22(28)16-13-19(26-7-5-25(6-8-26)9-11-29-12-10-27)17-15-24-18-3-1-2-4-20(18)30-21(17)14-16/h1-4,13-15,27H,5-12H2,(H2,23,28). The molecule has 8 heteroatoms. The quantitative estimate of drug-likeness (QED) is 0.563. The fourth-order valence-corrected chi connectivity index (χ4v) is 4.77. The molecule has 1 fully saturated rings. The van der Waals surface area contributed by atoms with Crippen LogP contribution in [-0.4, -0.2) is 74.7 Å². The minimum absolute atomic E-state index is 0.0541. The molecule has 0 atom stereocenters. The summed E-state index contributed by atoms with van der Waals surface area (Å²) in [5.41, 5.74) is 9.12. The van der Waals surface area contributed by atoms with Crippen LogP contribution in [0.5, 0.6) is 0 Å². The number of aliphatic hydroxyl groups is 1. The molecule has 3 N–H and O–H groups in total. The van der Waals surface area contributed by atoms with Gasteiger partial charge in [0.15, 0.2) is 0 Å². The van der Waals surface area contributed by atoms with E-state index >= 15 is 0 Å². The summed E-state index contributed by atoms with van der Waals surface area (Å²) < 4.78 is 5.38. The van der Waals surface area contributed by atoms with Crippen LogP contribution in [0, 0.1) is 0 Å². The number of carbonyl (C=O) groups excluding carboxylic acids is 1. The molecule has 1 amide bonds. The van der Waals surface area contributed by atoms with E-state index in [1.165, 1.54) is 0 Å². The van der Waals surface area contributed by atoms with Gasteiger partial charge in [0.25, 0.3) is 0 Å². The van der Waals surface area contributed by atoms with Gasteiger partial charge in [0.1, 0.15) is 0 Å². The van der Waals surface area contributed by atoms with E-state index in [9.17, 15) is 4.79 Å². The van der Waals surface area contributed by atoms with Gasteiger partial charge < -0.3 is 20.5 Å². The number of piperazine rings is 1. The summed E-state index contributed by atoms with van der Waals surface area (Å²) in [6.45, 7) is 5.41. The molecule has 158 valence electrons. The summed E-state index contributed by atoms with van der Waals surface area (Å²) in [6.07, 6.45) is 1.91. The van der Waals surface area contributed by atoms with Gasteiger partial charge in [-0.25, -0.2) is 0 Å². The number of hydrogen-bond donors (Lipinski definition) is 2. The second-order valence-corrected chi connectivity index (χ2v) is 8.35. The van der Waals surface area contributed by atoms with E-state index in [1.54, 1.807) is 11.8 Å². The van der Waals surface area contributed by atoms with Crippen molar-refractivity contribution in [2.24, 2.45) is 10.7 Å². The minimum atomic E-state index is -0.422. The van der Waals surface area contributed by atoms with Crippen LogP contribution in [-0.2, 0) is 4.74 Å². The van der Waals surface area contributed by atoms with Crippen LogP contribution in [0.1, 0.15) is 15.9 Å². The van der Waals surface area contributed by atoms with Crippen molar-refractivity contribution in [3.05, 3.63) is 47.5 Å². The Morgan fingerprint density at radius 2 is 1.93 bits per heavy atom. The van der Waals surface area contributed by atoms with Crippen molar-refractivity contribution >= 4 is 35.3 Å². The summed E-state index contributed by atoms with van der Waals surface area (Å²) in [5, 5.41) is 8.81. The molecule has 2 aromatic rings. The van der Waals surface area contributed by atoms with Crippen LogP contribution in [0.15, 0.2) is 51.2 Å². The van der Waals surface area contributed by atoms with Crippen LogP contribution in [0.4, 0.5) is 11.4 Å². The second-order valence-electron chi connectivity index (χ2n) is 7.26. The highest BCUT2D eigenvalue weighted by molar-refractivity contribution is 7.99. The molecule has 2 aliphatic rings. The van der Waals surface area contributed by atoms with Crippen LogP contribution < -0.4 is 10.6 Å². The predicted octanol–water partition coefficient (Wildman–Crippen LogP) is 2.13. The molecule has 1 saturated heterocycles. The molecule has 4 rings (SSSR count). The largest absolute Gasteiger partial charge is 0.394 e. The second kappa shape index (κ2) is 9.61. The van der Waals surface area contributed by atoms with E-state index in [2.05, 4.69) is 9.80 Å². The lowest BCUT2D eigenvalue weighted by Crippen LogP contribution is -2.47. The minimum Gasteiger partial charge on any atom is -0.394 e. The average molecular weight is 427 g/mol. The zero-order valence-corrected chi connectivity index (χ0v) is 17.6. The number of nitrogens with two attached hydrogens (primary N) is 1. The molecule has 0 unspecified atom stereocenters. The monoisotopic (exact) mass is 426 g/mol. The summed E-state index contributed by atoms with van der Waals surface area (Å²) >= 11 is 1.62. The molecule has 7 nitrogen and oxygen atoms in total. The lowest BCUT2D eigenvalue weighted by atomic mass is 10.1. The third kappa shape index (κ3) is 4.67. The van der Waals surface area contributed by atoms with Crippen molar-refractivity contribution in [2.45, 2.75) is 9.79 Å². The molecule has 0 aromatic heterocycles. The first kappa shape index (κ1) is 20.9. The van der Waals surface area contributed by atoms with Crippen molar-refractivity contribution in [2.75, 3.05) is 57.4 Å². The number of aliphatic imine (C=N–C) groups is 1. The Balaban J connectivity index is 1.56. The maximum absolute atomic E-state index is 12.0. The SMILES string of the molecule is NC(=O)c1cc2c(c(N3CCN(CCOCCO)CC3)c1)C=Nc1ccccc1S2. The van der Waals surface area contributed by atoms with Crippen molar-refractivity contribution in [1.82, 2.24) is 4.90 Å². The maximum atomic E-state index is 12.0. The molecule has 30 heavy (non-hydrogen) atoms. The summed E-state index contributed by atoms with van der Waals surface area (Å²) in [4.78, 5) is 23.4. The van der Waals surface area contributed by atoms with Crippen molar-refractivity contribution in [1.29, 1.82) is 0 Å². The van der Waals surface area contributed by atoms with Crippen LogP contribution in [0.3, 0.4) is 0 Å². The first-order valence-corrected chi connectivity index (χ1v) is 10.9. The van der Waals surface area contributed by atoms with Gasteiger partial charge in [-0.1, -0.05) is 23.9 Å². The van der Waals surface area contributed by atoms with Crippen molar-refractivity contribution in [3.8, 4) is 0 Å². The number of nitrogens with zero attached hydrogens (tertiary/aromatic N) is 3. The van der Waals surface area contributed by atoms with Gasteiger partial charge >= 0.3 is 0 Å². The third-order valence-electron chi connectivity index (χ3n) is 5.32. The number of hydrogen-bond acceptors (Lipinski definition) is 7. The molecule has 0 spiro atoms. The van der Waals surface area contributed by atoms with E-state index in [1.807, 2.05) is 42.6 Å². The maximum Gasteiger partial charge on any atom is 0.248 e. The Labute approximate surface area is 180 Å². The summed E-state index contributed by atoms with van der Waals surface area (Å²) in [6, 6.07) is 11.8. The summed E-state index contributed by atoms with van der Waals surface area (Å²) in [7, 11) is 0. The molecular formula is C22H26N4O3S. The Kier molecular flexibility index (Phi) is 6.69. The molecular weight excluding hydrogens is 400 g/mol. The number of carbonyl (C=O) groups is 1. The molecule has 2 aliphatic heterocycles. The van der Waals surface area contributed by atoms with Gasteiger partial charge in [-0.3, -0.25) is 14.7 Å². The number of para-hydroxylation sites is 1. The lowest BCUT2D eigenvalue weighted by molar-refractivity contribution is 0.0724. The van der Waals surface area contributed by atoms with E-state index < -0.39 is 5.91 Å². The number of ether oxygens (including phenoxy) is 1. The smallest absolute Gasteiger partial charge is 0.248 e. The van der Waals surface area contributed by atoms with Gasteiger partial charge in [0, 0.05) is 65.5 Å². The number of anilines is 1. The van der Waals surface area contributed by atoms with E-state index in [0.29, 0.717) is 18.8 Å². The normalized spacial score (nSPS) is 16.1. The van der Waals surface area contributed by atoms with Gasteiger partial charge in [-0.2, -0.15) is 0 Å². The van der Waals surface area contributed by atoms with Crippen LogP contribution in [0.25, 0.3) is 0 Å². The van der Waals surface area contributed by atoms with Crippen molar-refractivity contribution < 1.29 is 14.6 Å². The highest BCUT2D eigenvalue weighted by atomic mass is 32.2. The highest BCUT2D eigenvalue weighted by Crippen LogP contribution is 2.42. The van der Waals surface area contributed by atoms with E-state index in [4.69, 9.17) is 20.6 Å². The number of primary amides is 1. The molecule has 0 saturated carbocycles. The Hall–Kier alpha value is -2.39. The van der Waals surface area contributed by atoms with Gasteiger partial charge in [0.2, 0.25) is 5.91 Å². The fourth-order valence-electron chi connectivity index (χ4n) is 3.71. The number of benzene rings is 2. The van der Waals surface area contributed by atoms with Gasteiger partial charge in [-0.15, -0.1) is 0 Å². The Morgan fingerprint density at radius 1 is 1.13 bits per heavy atom. The molecule has 0 radical (unpaired) electrons. The summed E-state index contributed by atoms with van der Waals surface area (Å²) in [5.74, 6) is -0.422. The van der Waals surface area contributed by atoms with Gasteiger partial charge in [-0.05, 0) is 24.3 Å². The van der Waals surface area contributed by atoms with E-state index in [-0.39, 0.29) is 6.61 Å². The first-order chi connectivity index (χ1) is 14.7. The van der Waals surface area contributed by atoms with Crippen LogP contribution in [0.2, 0.25) is 0 Å². The molecule has 0 aliphatic carbocycles. The van der Waals surface area contributed by atoms with Crippen molar-refractivity contribution in [3.63, 3.8) is 0 Å². The Bertz CT molecular complexity index is 942. The average Bonchev–Trinajstić information content (AvgIpc) is 2.95. The topological polar surface area (TPSA) is 91.4 Å². The third-order valence-corrected chi connectivity index (χ3v) is 6.45. The zero-order chi connectivity index (χ0) is 20.9.